The molecule has 0 atom stereocenters. The normalized spacial score (nSPS) is 13.4. The molecule has 0 spiro atoms. The fourth-order valence-electron chi connectivity index (χ4n) is 3.17. The number of carbonyl (C=O) groups excluding carboxylic acids is 1. The number of hydrogen-bond donors (Lipinski definition) is 2. The van der Waals surface area contributed by atoms with E-state index in [1.165, 1.54) is 12.8 Å². The minimum atomic E-state index is -0.237. The van der Waals surface area contributed by atoms with Crippen LogP contribution in [0.1, 0.15) is 29.0 Å². The van der Waals surface area contributed by atoms with E-state index in [1.807, 2.05) is 37.3 Å². The number of aromatic nitrogens is 3. The number of aryl methyl sites for hydroxylation is 1. The van der Waals surface area contributed by atoms with Gasteiger partial charge in [0.15, 0.2) is 0 Å². The molecular formula is C21H22N6O. The number of nitrogens with one attached hydrogen (secondary N) is 2. The fourth-order valence-corrected chi connectivity index (χ4v) is 3.17. The minimum Gasteiger partial charge on any atom is -0.356 e. The average molecular weight is 374 g/mol. The van der Waals surface area contributed by atoms with Crippen molar-refractivity contribution in [1.29, 1.82) is 0 Å². The number of benzene rings is 1. The van der Waals surface area contributed by atoms with E-state index in [0.29, 0.717) is 17.3 Å². The topological polar surface area (TPSA) is 83.0 Å². The summed E-state index contributed by atoms with van der Waals surface area (Å²) in [4.78, 5) is 27.6. The van der Waals surface area contributed by atoms with Gasteiger partial charge in [0, 0.05) is 42.4 Å². The van der Waals surface area contributed by atoms with Crippen molar-refractivity contribution in [3.05, 3.63) is 66.1 Å². The molecule has 7 heteroatoms. The Labute approximate surface area is 163 Å². The van der Waals surface area contributed by atoms with Crippen LogP contribution in [0, 0.1) is 6.92 Å². The van der Waals surface area contributed by atoms with Crippen molar-refractivity contribution in [3.63, 3.8) is 0 Å². The molecule has 1 aliphatic heterocycles. The SMILES string of the molecule is Cc1cc(N2CCCC2)nc(Nc2ccc(NC(=O)c3ccccn3)cc2)n1. The van der Waals surface area contributed by atoms with Crippen LogP contribution in [0.2, 0.25) is 0 Å². The number of hydrogen-bond acceptors (Lipinski definition) is 6. The molecule has 4 rings (SSSR count). The lowest BCUT2D eigenvalue weighted by Gasteiger charge is -2.17. The van der Waals surface area contributed by atoms with Crippen LogP contribution >= 0.6 is 0 Å². The Morgan fingerprint density at radius 3 is 2.46 bits per heavy atom. The first kappa shape index (κ1) is 17.9. The van der Waals surface area contributed by atoms with Crippen LogP contribution in [-0.4, -0.2) is 33.9 Å². The molecule has 1 aliphatic rings. The Morgan fingerprint density at radius 1 is 1.00 bits per heavy atom. The van der Waals surface area contributed by atoms with Crippen LogP contribution in [0.3, 0.4) is 0 Å². The molecule has 7 nitrogen and oxygen atoms in total. The summed E-state index contributed by atoms with van der Waals surface area (Å²) in [6, 6.07) is 14.7. The number of anilines is 4. The van der Waals surface area contributed by atoms with E-state index in [2.05, 4.69) is 30.5 Å². The van der Waals surface area contributed by atoms with Gasteiger partial charge in [-0.25, -0.2) is 4.98 Å². The highest BCUT2D eigenvalue weighted by Crippen LogP contribution is 2.22. The Hall–Kier alpha value is -3.48. The number of amides is 1. The quantitative estimate of drug-likeness (QED) is 0.707. The molecule has 3 heterocycles. The van der Waals surface area contributed by atoms with Gasteiger partial charge in [0.05, 0.1) is 0 Å². The monoisotopic (exact) mass is 374 g/mol. The predicted octanol–water partition coefficient (Wildman–Crippen LogP) is 3.78. The zero-order valence-corrected chi connectivity index (χ0v) is 15.7. The molecule has 0 unspecified atom stereocenters. The smallest absolute Gasteiger partial charge is 0.274 e. The summed E-state index contributed by atoms with van der Waals surface area (Å²) in [6.07, 6.45) is 4.01. The maximum atomic E-state index is 12.2. The van der Waals surface area contributed by atoms with Crippen molar-refractivity contribution in [2.75, 3.05) is 28.6 Å². The summed E-state index contributed by atoms with van der Waals surface area (Å²) in [5.41, 5.74) is 2.86. The second-order valence-electron chi connectivity index (χ2n) is 6.76. The fraction of sp³-hybridized carbons (Fsp3) is 0.238. The van der Waals surface area contributed by atoms with E-state index in [9.17, 15) is 4.79 Å². The van der Waals surface area contributed by atoms with Gasteiger partial charge in [0.2, 0.25) is 5.95 Å². The van der Waals surface area contributed by atoms with Gasteiger partial charge < -0.3 is 15.5 Å². The first-order valence-electron chi connectivity index (χ1n) is 9.37. The van der Waals surface area contributed by atoms with Crippen molar-refractivity contribution in [1.82, 2.24) is 15.0 Å². The van der Waals surface area contributed by atoms with E-state index in [4.69, 9.17) is 0 Å². The Kier molecular flexibility index (Phi) is 5.14. The van der Waals surface area contributed by atoms with E-state index in [0.717, 1.165) is 30.3 Å². The second-order valence-corrected chi connectivity index (χ2v) is 6.76. The number of pyridine rings is 1. The molecule has 0 bridgehead atoms. The van der Waals surface area contributed by atoms with E-state index in [1.54, 1.807) is 24.4 Å². The van der Waals surface area contributed by atoms with Gasteiger partial charge in [-0.2, -0.15) is 4.98 Å². The van der Waals surface area contributed by atoms with Crippen LogP contribution < -0.4 is 15.5 Å². The Morgan fingerprint density at radius 2 is 1.75 bits per heavy atom. The van der Waals surface area contributed by atoms with E-state index < -0.39 is 0 Å². The molecule has 1 amide bonds. The van der Waals surface area contributed by atoms with Crippen molar-refractivity contribution < 1.29 is 4.79 Å². The predicted molar refractivity (Wildman–Crippen MR) is 110 cm³/mol. The maximum Gasteiger partial charge on any atom is 0.274 e. The van der Waals surface area contributed by atoms with Gasteiger partial charge in [-0.1, -0.05) is 6.07 Å². The first-order chi connectivity index (χ1) is 13.7. The molecule has 1 saturated heterocycles. The summed E-state index contributed by atoms with van der Waals surface area (Å²) in [5.74, 6) is 1.30. The lowest BCUT2D eigenvalue weighted by Crippen LogP contribution is -2.19. The van der Waals surface area contributed by atoms with E-state index >= 15 is 0 Å². The number of rotatable bonds is 5. The van der Waals surface area contributed by atoms with Gasteiger partial charge in [-0.15, -0.1) is 0 Å². The van der Waals surface area contributed by atoms with Crippen LogP contribution in [0.15, 0.2) is 54.7 Å². The highest BCUT2D eigenvalue weighted by molar-refractivity contribution is 6.02. The third-order valence-electron chi connectivity index (χ3n) is 4.57. The van der Waals surface area contributed by atoms with Crippen LogP contribution in [0.5, 0.6) is 0 Å². The largest absolute Gasteiger partial charge is 0.356 e. The zero-order chi connectivity index (χ0) is 19.3. The highest BCUT2D eigenvalue weighted by Gasteiger charge is 2.15. The van der Waals surface area contributed by atoms with Crippen LogP contribution in [0.25, 0.3) is 0 Å². The molecule has 3 aromatic rings. The molecule has 28 heavy (non-hydrogen) atoms. The van der Waals surface area contributed by atoms with Crippen molar-refractivity contribution in [3.8, 4) is 0 Å². The van der Waals surface area contributed by atoms with Crippen LogP contribution in [0.4, 0.5) is 23.1 Å². The molecular weight excluding hydrogens is 352 g/mol. The van der Waals surface area contributed by atoms with Gasteiger partial charge in [-0.3, -0.25) is 9.78 Å². The molecule has 1 fully saturated rings. The Balaban J connectivity index is 1.44. The summed E-state index contributed by atoms with van der Waals surface area (Å²) in [7, 11) is 0. The van der Waals surface area contributed by atoms with Gasteiger partial charge in [-0.05, 0) is 56.2 Å². The maximum absolute atomic E-state index is 12.2. The van der Waals surface area contributed by atoms with Gasteiger partial charge in [0.25, 0.3) is 5.91 Å². The number of carbonyl (C=O) groups is 1. The van der Waals surface area contributed by atoms with Crippen molar-refractivity contribution in [2.45, 2.75) is 19.8 Å². The van der Waals surface area contributed by atoms with Crippen LogP contribution in [-0.2, 0) is 0 Å². The minimum absolute atomic E-state index is 0.237. The summed E-state index contributed by atoms with van der Waals surface area (Å²) < 4.78 is 0. The third kappa shape index (κ3) is 4.25. The summed E-state index contributed by atoms with van der Waals surface area (Å²) in [6.45, 7) is 4.06. The molecule has 2 N–H and O–H groups in total. The molecule has 0 saturated carbocycles. The Bertz CT molecular complexity index is 952. The van der Waals surface area contributed by atoms with Crippen molar-refractivity contribution >= 4 is 29.0 Å². The lowest BCUT2D eigenvalue weighted by molar-refractivity contribution is 0.102. The van der Waals surface area contributed by atoms with Crippen molar-refractivity contribution in [2.24, 2.45) is 0 Å². The third-order valence-corrected chi connectivity index (χ3v) is 4.57. The molecule has 0 aliphatic carbocycles. The highest BCUT2D eigenvalue weighted by atomic mass is 16.1. The first-order valence-corrected chi connectivity index (χ1v) is 9.37. The zero-order valence-electron chi connectivity index (χ0n) is 15.7. The van der Waals surface area contributed by atoms with E-state index in [-0.39, 0.29) is 5.91 Å². The average Bonchev–Trinajstić information content (AvgIpc) is 3.25. The summed E-state index contributed by atoms with van der Waals surface area (Å²) >= 11 is 0. The standard InChI is InChI=1S/C21H22N6O/c1-15-14-19(27-12-4-5-13-27)26-21(23-15)25-17-9-7-16(8-10-17)24-20(28)18-6-2-3-11-22-18/h2-3,6-11,14H,4-5,12-13H2,1H3,(H,24,28)(H,23,25,26). The lowest BCUT2D eigenvalue weighted by atomic mass is 10.2. The van der Waals surface area contributed by atoms with Gasteiger partial charge >= 0.3 is 0 Å². The second kappa shape index (κ2) is 8.04. The van der Waals surface area contributed by atoms with Gasteiger partial charge in [0.1, 0.15) is 11.5 Å². The molecule has 1 aromatic carbocycles. The molecule has 0 radical (unpaired) electrons. The number of nitrogens with zero attached hydrogens (tertiary/aromatic N) is 4. The molecule has 2 aromatic heterocycles. The summed E-state index contributed by atoms with van der Waals surface area (Å²) in [5, 5.41) is 6.08. The molecule has 142 valence electrons.